The van der Waals surface area contributed by atoms with Gasteiger partial charge < -0.3 is 0 Å². The lowest BCUT2D eigenvalue weighted by Crippen LogP contribution is -2.39. The number of thioether (sulfide) groups is 1. The Bertz CT molecular complexity index is 990. The van der Waals surface area contributed by atoms with Crippen molar-refractivity contribution in [3.05, 3.63) is 77.5 Å². The van der Waals surface area contributed by atoms with Gasteiger partial charge in [-0.15, -0.1) is 0 Å². The quantitative estimate of drug-likeness (QED) is 0.579. The van der Waals surface area contributed by atoms with Crippen LogP contribution in [0.4, 0.5) is 5.69 Å². The highest BCUT2D eigenvalue weighted by molar-refractivity contribution is 8.29. The van der Waals surface area contributed by atoms with Crippen LogP contribution in [0.25, 0.3) is 0 Å². The van der Waals surface area contributed by atoms with Gasteiger partial charge in [-0.3, -0.25) is 15.1 Å². The number of benzene rings is 2. The third kappa shape index (κ3) is 3.95. The molecule has 148 valence electrons. The number of aliphatic imine (C=N–C) groups is 1. The van der Waals surface area contributed by atoms with E-state index >= 15 is 0 Å². The molecule has 2 aliphatic heterocycles. The van der Waals surface area contributed by atoms with Crippen LogP contribution < -0.4 is 5.43 Å². The van der Waals surface area contributed by atoms with Crippen LogP contribution in [-0.2, 0) is 14.6 Å². The maximum Gasteiger partial charge on any atom is 0.288 e. The number of carbonyl (C=O) groups excluding carboxylic acids is 1. The summed E-state index contributed by atoms with van der Waals surface area (Å²) in [6.45, 7) is 2.12. The summed E-state index contributed by atoms with van der Waals surface area (Å²) in [5.41, 5.74) is 6.40. The Morgan fingerprint density at radius 1 is 1.14 bits per heavy atom. The number of nitrogens with zero attached hydrogens (tertiary/aromatic N) is 3. The van der Waals surface area contributed by atoms with Crippen molar-refractivity contribution in [3.8, 4) is 0 Å². The molecule has 0 aliphatic carbocycles. The number of allylic oxidation sites excluding steroid dienone is 1. The number of anilines is 1. The van der Waals surface area contributed by atoms with Crippen molar-refractivity contribution in [1.29, 1.82) is 0 Å². The van der Waals surface area contributed by atoms with E-state index in [0.29, 0.717) is 10.2 Å². The van der Waals surface area contributed by atoms with Crippen LogP contribution in [0.15, 0.2) is 82.0 Å². The Morgan fingerprint density at radius 2 is 1.83 bits per heavy atom. The number of para-hydroxylation sites is 1. The van der Waals surface area contributed by atoms with Gasteiger partial charge in [0.15, 0.2) is 10.2 Å². The van der Waals surface area contributed by atoms with Crippen molar-refractivity contribution in [2.45, 2.75) is 13.0 Å². The number of amidine groups is 1. The fourth-order valence-electron chi connectivity index (χ4n) is 3.23. The van der Waals surface area contributed by atoms with Gasteiger partial charge in [0.25, 0.3) is 5.91 Å². The number of fused-ring (bicyclic) bond motifs is 1. The molecule has 8 heteroatoms. The molecule has 1 amide bonds. The first-order valence-corrected chi connectivity index (χ1v) is 9.89. The molecule has 1 saturated heterocycles. The zero-order valence-corrected chi connectivity index (χ0v) is 16.8. The van der Waals surface area contributed by atoms with Crippen LogP contribution in [0.2, 0.25) is 0 Å². The lowest BCUT2D eigenvalue weighted by molar-refractivity contribution is -0.266. The lowest BCUT2D eigenvalue weighted by Gasteiger charge is -2.33. The minimum Gasteiger partial charge on any atom is -0.277 e. The molecular weight excluding hydrogens is 388 g/mol. The second-order valence-electron chi connectivity index (χ2n) is 6.42. The zero-order valence-electron chi connectivity index (χ0n) is 16.0. The summed E-state index contributed by atoms with van der Waals surface area (Å²) >= 11 is 1.26. The molecule has 1 unspecified atom stereocenters. The van der Waals surface area contributed by atoms with Gasteiger partial charge in [0, 0.05) is 11.3 Å². The second-order valence-corrected chi connectivity index (χ2v) is 7.38. The first-order valence-electron chi connectivity index (χ1n) is 9.08. The number of nitrogens with one attached hydrogen (secondary N) is 1. The molecule has 4 rings (SSSR count). The van der Waals surface area contributed by atoms with Crippen LogP contribution in [0, 0.1) is 0 Å². The number of carbonyl (C=O) groups is 1. The predicted octanol–water partition coefficient (Wildman–Crippen LogP) is 3.95. The van der Waals surface area contributed by atoms with E-state index in [1.807, 2.05) is 67.6 Å². The largest absolute Gasteiger partial charge is 0.288 e. The molecular formula is C21H20N4O3S. The van der Waals surface area contributed by atoms with Crippen molar-refractivity contribution in [3.63, 3.8) is 0 Å². The molecule has 29 heavy (non-hydrogen) atoms. The average Bonchev–Trinajstić information content (AvgIpc) is 3.06. The SMILES string of the molecule is COOCC1=C(C)N=C2S/C(=N\Nc3ccccc3)C(=O)N2C1c1ccccc1. The third-order valence-corrected chi connectivity index (χ3v) is 5.55. The summed E-state index contributed by atoms with van der Waals surface area (Å²) in [5.74, 6) is -0.201. The standard InChI is InChI=1S/C21H20N4O3S/c1-14-17(13-28-27-2)18(15-9-5-3-6-10-15)25-20(26)19(29-21(25)22-14)24-23-16-11-7-4-8-12-16/h3-12,18,23H,13H2,1-2H3/b24-19-. The van der Waals surface area contributed by atoms with E-state index in [0.717, 1.165) is 22.5 Å². The molecule has 1 N–H and O–H groups in total. The molecule has 0 aromatic heterocycles. The summed E-state index contributed by atoms with van der Waals surface area (Å²) in [6.07, 6.45) is 0. The molecule has 1 atom stereocenters. The monoisotopic (exact) mass is 408 g/mol. The molecule has 2 aromatic carbocycles. The number of hydrazone groups is 1. The van der Waals surface area contributed by atoms with Crippen LogP contribution in [0.3, 0.4) is 0 Å². The summed E-state index contributed by atoms with van der Waals surface area (Å²) in [4.78, 5) is 29.5. The highest BCUT2D eigenvalue weighted by Crippen LogP contribution is 2.41. The van der Waals surface area contributed by atoms with E-state index in [2.05, 4.69) is 15.5 Å². The minimum atomic E-state index is -0.330. The molecule has 0 radical (unpaired) electrons. The Hall–Kier alpha value is -2.94. The topological polar surface area (TPSA) is 75.5 Å². The van der Waals surface area contributed by atoms with Crippen molar-refractivity contribution in [2.24, 2.45) is 10.1 Å². The van der Waals surface area contributed by atoms with Gasteiger partial charge in [0.05, 0.1) is 18.8 Å². The smallest absolute Gasteiger partial charge is 0.277 e. The van der Waals surface area contributed by atoms with Crippen LogP contribution in [-0.4, -0.2) is 34.7 Å². The Balaban J connectivity index is 1.68. The van der Waals surface area contributed by atoms with Crippen molar-refractivity contribution in [2.75, 3.05) is 19.1 Å². The highest BCUT2D eigenvalue weighted by Gasteiger charge is 2.44. The fraction of sp³-hybridized carbons (Fsp3) is 0.190. The van der Waals surface area contributed by atoms with Crippen molar-refractivity contribution >= 4 is 33.6 Å². The summed E-state index contributed by atoms with van der Waals surface area (Å²) in [5, 5.41) is 5.27. The van der Waals surface area contributed by atoms with Gasteiger partial charge in [-0.05, 0) is 36.4 Å². The van der Waals surface area contributed by atoms with Crippen LogP contribution >= 0.6 is 11.8 Å². The Kier molecular flexibility index (Phi) is 5.75. The molecule has 7 nitrogen and oxygen atoms in total. The van der Waals surface area contributed by atoms with Gasteiger partial charge >= 0.3 is 0 Å². The fourth-order valence-corrected chi connectivity index (χ4v) is 4.15. The lowest BCUT2D eigenvalue weighted by atomic mass is 9.95. The maximum atomic E-state index is 13.2. The average molecular weight is 408 g/mol. The Morgan fingerprint density at radius 3 is 2.52 bits per heavy atom. The molecule has 0 spiro atoms. The molecule has 2 aliphatic rings. The minimum absolute atomic E-state index is 0.201. The summed E-state index contributed by atoms with van der Waals surface area (Å²) < 4.78 is 0. The molecule has 2 heterocycles. The highest BCUT2D eigenvalue weighted by atomic mass is 32.2. The van der Waals surface area contributed by atoms with E-state index in [4.69, 9.17) is 9.78 Å². The van der Waals surface area contributed by atoms with E-state index in [9.17, 15) is 4.79 Å². The van der Waals surface area contributed by atoms with E-state index in [-0.39, 0.29) is 18.6 Å². The normalized spacial score (nSPS) is 20.1. The summed E-state index contributed by atoms with van der Waals surface area (Å²) in [6, 6.07) is 19.0. The Labute approximate surface area is 173 Å². The van der Waals surface area contributed by atoms with Gasteiger partial charge in [0.2, 0.25) is 0 Å². The van der Waals surface area contributed by atoms with Gasteiger partial charge in [0.1, 0.15) is 6.61 Å². The first-order chi connectivity index (χ1) is 14.2. The first kappa shape index (κ1) is 19.4. The summed E-state index contributed by atoms with van der Waals surface area (Å²) in [7, 11) is 1.46. The second kappa shape index (κ2) is 8.60. The van der Waals surface area contributed by atoms with Crippen LogP contribution in [0.1, 0.15) is 18.5 Å². The van der Waals surface area contributed by atoms with Crippen molar-refractivity contribution < 1.29 is 14.6 Å². The van der Waals surface area contributed by atoms with Gasteiger partial charge in [-0.2, -0.15) is 5.10 Å². The number of amides is 1. The van der Waals surface area contributed by atoms with Gasteiger partial charge in [-0.1, -0.05) is 48.5 Å². The van der Waals surface area contributed by atoms with E-state index < -0.39 is 0 Å². The van der Waals surface area contributed by atoms with Crippen molar-refractivity contribution in [1.82, 2.24) is 4.90 Å². The maximum absolute atomic E-state index is 13.2. The molecule has 1 fully saturated rings. The zero-order chi connectivity index (χ0) is 20.2. The number of rotatable bonds is 6. The predicted molar refractivity (Wildman–Crippen MR) is 114 cm³/mol. The molecule has 0 saturated carbocycles. The number of hydrogen-bond donors (Lipinski definition) is 1. The van der Waals surface area contributed by atoms with Crippen LogP contribution in [0.5, 0.6) is 0 Å². The van der Waals surface area contributed by atoms with Gasteiger partial charge in [-0.25, -0.2) is 14.8 Å². The van der Waals surface area contributed by atoms with E-state index in [1.165, 1.54) is 18.9 Å². The number of hydrogen-bond acceptors (Lipinski definition) is 7. The van der Waals surface area contributed by atoms with E-state index in [1.54, 1.807) is 4.90 Å². The third-order valence-electron chi connectivity index (χ3n) is 4.62. The molecule has 2 aromatic rings. The molecule has 0 bridgehead atoms.